The minimum atomic E-state index is -0.297. The second-order valence-corrected chi connectivity index (χ2v) is 4.68. The number of rotatable bonds is 5. The van der Waals surface area contributed by atoms with E-state index in [-0.39, 0.29) is 11.9 Å². The highest BCUT2D eigenvalue weighted by molar-refractivity contribution is 5.46. The number of hydrogen-bond acceptors (Lipinski definition) is 4. The van der Waals surface area contributed by atoms with Crippen LogP contribution in [-0.2, 0) is 11.3 Å². The van der Waals surface area contributed by atoms with Crippen LogP contribution in [-0.4, -0.2) is 38.3 Å². The molecule has 4 nitrogen and oxygen atoms in total. The summed E-state index contributed by atoms with van der Waals surface area (Å²) < 4.78 is 18.8. The fraction of sp³-hybridized carbons (Fsp3) is 0.615. The summed E-state index contributed by atoms with van der Waals surface area (Å²) in [4.78, 5) is 6.24. The van der Waals surface area contributed by atoms with Gasteiger partial charge in [0, 0.05) is 32.3 Å². The van der Waals surface area contributed by atoms with Crippen molar-refractivity contribution in [3.63, 3.8) is 0 Å². The van der Waals surface area contributed by atoms with Crippen LogP contribution in [0.1, 0.15) is 18.4 Å². The van der Waals surface area contributed by atoms with Gasteiger partial charge >= 0.3 is 0 Å². The molecule has 2 rings (SSSR count). The molecule has 0 radical (unpaired) electrons. The van der Waals surface area contributed by atoms with Gasteiger partial charge in [-0.1, -0.05) is 0 Å². The first kappa shape index (κ1) is 13.2. The van der Waals surface area contributed by atoms with Crippen LogP contribution in [0, 0.1) is 5.82 Å². The number of pyridine rings is 1. The first-order chi connectivity index (χ1) is 8.70. The second-order valence-electron chi connectivity index (χ2n) is 4.68. The van der Waals surface area contributed by atoms with Crippen LogP contribution in [0.2, 0.25) is 0 Å². The average molecular weight is 253 g/mol. The molecule has 5 heteroatoms. The first-order valence-corrected chi connectivity index (χ1v) is 6.32. The summed E-state index contributed by atoms with van der Waals surface area (Å²) in [5.74, 6) is 0.524. The Morgan fingerprint density at radius 1 is 1.61 bits per heavy atom. The summed E-state index contributed by atoms with van der Waals surface area (Å²) in [7, 11) is 3.82. The molecule has 1 saturated heterocycles. The number of ether oxygens (including phenoxy) is 1. The van der Waals surface area contributed by atoms with Gasteiger partial charge in [0.1, 0.15) is 11.6 Å². The molecule has 1 aliphatic heterocycles. The fourth-order valence-electron chi connectivity index (χ4n) is 2.32. The number of hydrogen-bond donors (Lipinski definition) is 1. The fourth-order valence-corrected chi connectivity index (χ4v) is 2.32. The van der Waals surface area contributed by atoms with Crippen LogP contribution in [0.3, 0.4) is 0 Å². The van der Waals surface area contributed by atoms with Crippen molar-refractivity contribution in [2.75, 3.05) is 32.1 Å². The Morgan fingerprint density at radius 3 is 3.11 bits per heavy atom. The molecular formula is C13H20FN3O. The van der Waals surface area contributed by atoms with Crippen molar-refractivity contribution in [1.29, 1.82) is 0 Å². The number of likely N-dealkylation sites (N-methyl/N-ethyl adjacent to an activating group) is 1. The second kappa shape index (κ2) is 6.11. The summed E-state index contributed by atoms with van der Waals surface area (Å²) in [6.45, 7) is 2.25. The van der Waals surface area contributed by atoms with Crippen molar-refractivity contribution in [2.24, 2.45) is 0 Å². The molecule has 1 atom stereocenters. The summed E-state index contributed by atoms with van der Waals surface area (Å²) in [6.07, 6.45) is 3.75. The lowest BCUT2D eigenvalue weighted by molar-refractivity contribution is 0.116. The Labute approximate surface area is 107 Å². The monoisotopic (exact) mass is 253 g/mol. The summed E-state index contributed by atoms with van der Waals surface area (Å²) >= 11 is 0. The summed E-state index contributed by atoms with van der Waals surface area (Å²) in [6, 6.07) is 1.53. The van der Waals surface area contributed by atoms with Gasteiger partial charge in [-0.3, -0.25) is 0 Å². The van der Waals surface area contributed by atoms with Gasteiger partial charge < -0.3 is 15.0 Å². The lowest BCUT2D eigenvalue weighted by Gasteiger charge is -2.24. The van der Waals surface area contributed by atoms with Crippen molar-refractivity contribution in [3.05, 3.63) is 23.6 Å². The van der Waals surface area contributed by atoms with Crippen LogP contribution in [0.15, 0.2) is 12.3 Å². The zero-order valence-electron chi connectivity index (χ0n) is 10.9. The van der Waals surface area contributed by atoms with Gasteiger partial charge in [0.15, 0.2) is 0 Å². The van der Waals surface area contributed by atoms with E-state index in [4.69, 9.17) is 4.74 Å². The Hall–Kier alpha value is -1.20. The minimum Gasteiger partial charge on any atom is -0.376 e. The Balaban J connectivity index is 2.09. The molecule has 18 heavy (non-hydrogen) atoms. The van der Waals surface area contributed by atoms with Crippen molar-refractivity contribution in [2.45, 2.75) is 25.5 Å². The highest BCUT2D eigenvalue weighted by atomic mass is 19.1. The molecule has 2 heterocycles. The quantitative estimate of drug-likeness (QED) is 0.864. The maximum Gasteiger partial charge on any atom is 0.141 e. The molecule has 0 amide bonds. The van der Waals surface area contributed by atoms with Crippen molar-refractivity contribution >= 4 is 5.82 Å². The predicted molar refractivity (Wildman–Crippen MR) is 69.2 cm³/mol. The maximum absolute atomic E-state index is 13.2. The minimum absolute atomic E-state index is 0.268. The molecule has 1 aromatic rings. The molecular weight excluding hydrogens is 233 g/mol. The molecule has 100 valence electrons. The van der Waals surface area contributed by atoms with Gasteiger partial charge in [0.05, 0.1) is 12.3 Å². The average Bonchev–Trinajstić information content (AvgIpc) is 2.82. The van der Waals surface area contributed by atoms with E-state index in [2.05, 4.69) is 10.3 Å². The smallest absolute Gasteiger partial charge is 0.141 e. The molecule has 0 aromatic carbocycles. The third kappa shape index (κ3) is 3.17. The molecule has 1 N–H and O–H groups in total. The van der Waals surface area contributed by atoms with E-state index < -0.39 is 0 Å². The molecule has 0 aliphatic carbocycles. The maximum atomic E-state index is 13.2. The van der Waals surface area contributed by atoms with E-state index in [0.717, 1.165) is 37.4 Å². The van der Waals surface area contributed by atoms with Crippen LogP contribution < -0.4 is 10.2 Å². The summed E-state index contributed by atoms with van der Waals surface area (Å²) in [5.41, 5.74) is 0.873. The summed E-state index contributed by atoms with van der Waals surface area (Å²) in [5, 5.41) is 3.04. The molecule has 0 spiro atoms. The van der Waals surface area contributed by atoms with E-state index in [0.29, 0.717) is 6.54 Å². The first-order valence-electron chi connectivity index (χ1n) is 6.32. The number of aromatic nitrogens is 1. The van der Waals surface area contributed by atoms with Crippen molar-refractivity contribution < 1.29 is 9.13 Å². The Kier molecular flexibility index (Phi) is 4.49. The van der Waals surface area contributed by atoms with E-state index in [1.165, 1.54) is 12.3 Å². The molecule has 0 saturated carbocycles. The molecule has 1 aromatic heterocycles. The Morgan fingerprint density at radius 2 is 2.44 bits per heavy atom. The SMILES string of the molecule is CNCc1cc(F)cnc1N(C)CC1CCCO1. The van der Waals surface area contributed by atoms with Crippen molar-refractivity contribution in [1.82, 2.24) is 10.3 Å². The van der Waals surface area contributed by atoms with Crippen LogP contribution in [0.4, 0.5) is 10.2 Å². The number of halogens is 1. The lowest BCUT2D eigenvalue weighted by Crippen LogP contribution is -2.30. The highest BCUT2D eigenvalue weighted by Crippen LogP contribution is 2.20. The van der Waals surface area contributed by atoms with E-state index in [1.807, 2.05) is 19.0 Å². The van der Waals surface area contributed by atoms with Gasteiger partial charge in [-0.2, -0.15) is 0 Å². The number of anilines is 1. The van der Waals surface area contributed by atoms with E-state index >= 15 is 0 Å². The largest absolute Gasteiger partial charge is 0.376 e. The number of nitrogens with one attached hydrogen (secondary N) is 1. The van der Waals surface area contributed by atoms with E-state index in [1.54, 1.807) is 0 Å². The van der Waals surface area contributed by atoms with Gasteiger partial charge in [-0.05, 0) is 26.0 Å². The molecule has 1 fully saturated rings. The van der Waals surface area contributed by atoms with Crippen molar-refractivity contribution in [3.8, 4) is 0 Å². The zero-order chi connectivity index (χ0) is 13.0. The molecule has 1 unspecified atom stereocenters. The van der Waals surface area contributed by atoms with E-state index in [9.17, 15) is 4.39 Å². The van der Waals surface area contributed by atoms with Gasteiger partial charge in [-0.25, -0.2) is 9.37 Å². The number of nitrogens with zero attached hydrogens (tertiary/aromatic N) is 2. The Bertz CT molecular complexity index is 394. The zero-order valence-corrected chi connectivity index (χ0v) is 10.9. The third-order valence-corrected chi connectivity index (χ3v) is 3.14. The van der Waals surface area contributed by atoms with Gasteiger partial charge in [-0.15, -0.1) is 0 Å². The lowest BCUT2D eigenvalue weighted by atomic mass is 10.2. The topological polar surface area (TPSA) is 37.4 Å². The molecule has 1 aliphatic rings. The third-order valence-electron chi connectivity index (χ3n) is 3.14. The predicted octanol–water partition coefficient (Wildman–Crippen LogP) is 1.56. The standard InChI is InChI=1S/C13H20FN3O/c1-15-7-10-6-11(14)8-16-13(10)17(2)9-12-4-3-5-18-12/h6,8,12,15H,3-5,7,9H2,1-2H3. The van der Waals surface area contributed by atoms with Gasteiger partial charge in [0.25, 0.3) is 0 Å². The van der Waals surface area contributed by atoms with Crippen LogP contribution >= 0.6 is 0 Å². The van der Waals surface area contributed by atoms with Crippen LogP contribution in [0.25, 0.3) is 0 Å². The normalized spacial score (nSPS) is 19.2. The molecule has 0 bridgehead atoms. The highest BCUT2D eigenvalue weighted by Gasteiger charge is 2.19. The van der Waals surface area contributed by atoms with Crippen LogP contribution in [0.5, 0.6) is 0 Å². The van der Waals surface area contributed by atoms with Gasteiger partial charge in [0.2, 0.25) is 0 Å².